The van der Waals surface area contributed by atoms with Gasteiger partial charge in [0.05, 0.1) is 6.34 Å². The molecule has 0 aliphatic carbocycles. The fraction of sp³-hybridized carbons (Fsp3) is 0.286. The molecule has 1 aromatic heterocycles. The Morgan fingerprint density at radius 1 is 1.69 bits per heavy atom. The maximum Gasteiger partial charge on any atom is 0.253 e. The Morgan fingerprint density at radius 2 is 2.38 bits per heavy atom. The largest absolute Gasteiger partial charge is 0.369 e. The summed E-state index contributed by atoms with van der Waals surface area (Å²) in [6.07, 6.45) is 1.58. The molecule has 6 heteroatoms. The molecule has 13 heavy (non-hydrogen) atoms. The van der Waals surface area contributed by atoms with E-state index in [0.717, 1.165) is 0 Å². The van der Waals surface area contributed by atoms with Crippen molar-refractivity contribution in [3.05, 3.63) is 20.1 Å². The van der Waals surface area contributed by atoms with Crippen molar-refractivity contribution in [3.63, 3.8) is 0 Å². The van der Waals surface area contributed by atoms with Gasteiger partial charge in [0.15, 0.2) is 0 Å². The molecule has 0 aliphatic heterocycles. The number of H-pyrrole nitrogens is 1. The van der Waals surface area contributed by atoms with Gasteiger partial charge in [-0.2, -0.15) is 0 Å². The molecule has 0 atom stereocenters. The normalized spacial score (nSPS) is 10.7. The predicted molar refractivity (Wildman–Crippen MR) is 59.4 cm³/mol. The van der Waals surface area contributed by atoms with Gasteiger partial charge >= 0.3 is 0 Å². The summed E-state index contributed by atoms with van der Waals surface area (Å²) in [5.74, 6) is 0.325. The first-order chi connectivity index (χ1) is 6.08. The van der Waals surface area contributed by atoms with Crippen LogP contribution in [0.5, 0.6) is 0 Å². The van der Waals surface area contributed by atoms with E-state index in [9.17, 15) is 4.79 Å². The van der Waals surface area contributed by atoms with Gasteiger partial charge in [-0.05, 0) is 22.6 Å². The lowest BCUT2D eigenvalue weighted by molar-refractivity contribution is 0.642. The maximum absolute atomic E-state index is 11.0. The molecule has 0 amide bonds. The SMILES string of the molecule is CN(C)/C=N/c1nc(I)cc(=O)[nH]1. The van der Waals surface area contributed by atoms with Crippen molar-refractivity contribution in [1.29, 1.82) is 0 Å². The summed E-state index contributed by atoms with van der Waals surface area (Å²) in [4.78, 5) is 23.2. The molecule has 1 aromatic rings. The van der Waals surface area contributed by atoms with Gasteiger partial charge in [0.25, 0.3) is 5.56 Å². The van der Waals surface area contributed by atoms with E-state index in [2.05, 4.69) is 15.0 Å². The third kappa shape index (κ3) is 3.53. The Bertz CT molecular complexity index is 371. The van der Waals surface area contributed by atoms with Crippen molar-refractivity contribution in [1.82, 2.24) is 14.9 Å². The number of nitrogens with one attached hydrogen (secondary N) is 1. The van der Waals surface area contributed by atoms with Gasteiger partial charge in [0.1, 0.15) is 3.70 Å². The molecule has 1 rings (SSSR count). The molecule has 0 spiro atoms. The van der Waals surface area contributed by atoms with Gasteiger partial charge in [0.2, 0.25) is 5.95 Å². The third-order valence-electron chi connectivity index (χ3n) is 1.11. The fourth-order valence-corrected chi connectivity index (χ4v) is 1.16. The van der Waals surface area contributed by atoms with E-state index in [1.807, 2.05) is 36.7 Å². The van der Waals surface area contributed by atoms with E-state index in [0.29, 0.717) is 9.65 Å². The van der Waals surface area contributed by atoms with Crippen LogP contribution in [0.25, 0.3) is 0 Å². The number of aliphatic imine (C=N–C) groups is 1. The van der Waals surface area contributed by atoms with E-state index in [1.165, 1.54) is 6.07 Å². The molecule has 0 radical (unpaired) electrons. The third-order valence-corrected chi connectivity index (χ3v) is 1.66. The highest BCUT2D eigenvalue weighted by molar-refractivity contribution is 14.1. The molecular formula is C7H9IN4O. The average Bonchev–Trinajstić information content (AvgIpc) is 1.99. The topological polar surface area (TPSA) is 61.4 Å². The summed E-state index contributed by atoms with van der Waals surface area (Å²) in [5.41, 5.74) is -0.190. The van der Waals surface area contributed by atoms with Crippen LogP contribution in [0, 0.1) is 3.70 Å². The number of hydrogen-bond donors (Lipinski definition) is 1. The highest BCUT2D eigenvalue weighted by Crippen LogP contribution is 2.02. The second-order valence-electron chi connectivity index (χ2n) is 2.60. The Labute approximate surface area is 89.0 Å². The molecule has 0 unspecified atom stereocenters. The van der Waals surface area contributed by atoms with E-state index in [1.54, 1.807) is 11.2 Å². The molecule has 0 aliphatic rings. The van der Waals surface area contributed by atoms with Crippen LogP contribution in [0.1, 0.15) is 0 Å². The van der Waals surface area contributed by atoms with Crippen LogP contribution in [0.4, 0.5) is 5.95 Å². The van der Waals surface area contributed by atoms with Crippen LogP contribution in [0.3, 0.4) is 0 Å². The predicted octanol–water partition coefficient (Wildman–Crippen LogP) is 0.596. The second kappa shape index (κ2) is 4.35. The van der Waals surface area contributed by atoms with Crippen LogP contribution < -0.4 is 5.56 Å². The summed E-state index contributed by atoms with van der Waals surface area (Å²) >= 11 is 1.97. The molecule has 0 saturated heterocycles. The number of rotatable bonds is 2. The summed E-state index contributed by atoms with van der Waals surface area (Å²) in [6, 6.07) is 1.41. The smallest absolute Gasteiger partial charge is 0.253 e. The monoisotopic (exact) mass is 292 g/mol. The van der Waals surface area contributed by atoms with Crippen molar-refractivity contribution >= 4 is 34.9 Å². The van der Waals surface area contributed by atoms with E-state index in [-0.39, 0.29) is 5.56 Å². The number of halogens is 1. The Kier molecular flexibility index (Phi) is 3.40. The lowest BCUT2D eigenvalue weighted by Gasteiger charge is -2.01. The van der Waals surface area contributed by atoms with Crippen LogP contribution in [0.2, 0.25) is 0 Å². The van der Waals surface area contributed by atoms with Crippen molar-refractivity contribution < 1.29 is 0 Å². The van der Waals surface area contributed by atoms with Gasteiger partial charge in [-0.3, -0.25) is 9.78 Å². The van der Waals surface area contributed by atoms with E-state index in [4.69, 9.17) is 0 Å². The molecular weight excluding hydrogens is 283 g/mol. The molecule has 1 N–H and O–H groups in total. The van der Waals surface area contributed by atoms with Gasteiger partial charge in [0, 0.05) is 20.2 Å². The van der Waals surface area contributed by atoms with Crippen molar-refractivity contribution in [2.75, 3.05) is 14.1 Å². The zero-order valence-corrected chi connectivity index (χ0v) is 9.44. The second-order valence-corrected chi connectivity index (χ2v) is 3.71. The minimum atomic E-state index is -0.190. The number of aromatic amines is 1. The maximum atomic E-state index is 11.0. The van der Waals surface area contributed by atoms with Crippen LogP contribution in [-0.4, -0.2) is 35.3 Å². The quantitative estimate of drug-likeness (QED) is 0.376. The van der Waals surface area contributed by atoms with Crippen molar-refractivity contribution in [2.45, 2.75) is 0 Å². The fourth-order valence-electron chi connectivity index (χ4n) is 0.647. The molecule has 5 nitrogen and oxygen atoms in total. The van der Waals surface area contributed by atoms with Gasteiger partial charge < -0.3 is 4.90 Å². The molecule has 0 fully saturated rings. The van der Waals surface area contributed by atoms with Crippen LogP contribution in [0.15, 0.2) is 15.9 Å². The van der Waals surface area contributed by atoms with Crippen molar-refractivity contribution in [2.24, 2.45) is 4.99 Å². The lowest BCUT2D eigenvalue weighted by Crippen LogP contribution is -2.09. The average molecular weight is 292 g/mol. The summed E-state index contributed by atoms with van der Waals surface area (Å²) in [5, 5.41) is 0. The Morgan fingerprint density at radius 3 is 2.92 bits per heavy atom. The standard InChI is InChI=1S/C7H9IN4O/c1-12(2)4-9-7-10-5(8)3-6(13)11-7/h3-4H,1-2H3,(H,10,11,13)/b9-4+. The zero-order valence-electron chi connectivity index (χ0n) is 7.28. The van der Waals surface area contributed by atoms with Crippen molar-refractivity contribution in [3.8, 4) is 0 Å². The number of hydrogen-bond acceptors (Lipinski definition) is 3. The van der Waals surface area contributed by atoms with Gasteiger partial charge in [-0.1, -0.05) is 0 Å². The first-order valence-electron chi connectivity index (χ1n) is 3.55. The minimum Gasteiger partial charge on any atom is -0.369 e. The van der Waals surface area contributed by atoms with E-state index < -0.39 is 0 Å². The van der Waals surface area contributed by atoms with E-state index >= 15 is 0 Å². The molecule has 0 aromatic carbocycles. The Balaban J connectivity index is 2.96. The molecule has 1 heterocycles. The Hall–Kier alpha value is -0.920. The summed E-state index contributed by atoms with van der Waals surface area (Å²) in [7, 11) is 3.69. The van der Waals surface area contributed by atoms with Gasteiger partial charge in [-0.25, -0.2) is 9.98 Å². The lowest BCUT2D eigenvalue weighted by atomic mass is 10.7. The molecule has 0 bridgehead atoms. The number of aromatic nitrogens is 2. The highest BCUT2D eigenvalue weighted by Gasteiger charge is 1.94. The van der Waals surface area contributed by atoms with Gasteiger partial charge in [-0.15, -0.1) is 0 Å². The highest BCUT2D eigenvalue weighted by atomic mass is 127. The molecule has 70 valence electrons. The minimum absolute atomic E-state index is 0.190. The summed E-state index contributed by atoms with van der Waals surface area (Å²) < 4.78 is 0.632. The zero-order chi connectivity index (χ0) is 9.84. The number of nitrogens with zero attached hydrogens (tertiary/aromatic N) is 3. The molecule has 0 saturated carbocycles. The summed E-state index contributed by atoms with van der Waals surface area (Å²) in [6.45, 7) is 0. The van der Waals surface area contributed by atoms with Crippen LogP contribution >= 0.6 is 22.6 Å². The first kappa shape index (κ1) is 10.2. The van der Waals surface area contributed by atoms with Crippen LogP contribution in [-0.2, 0) is 0 Å². The first-order valence-corrected chi connectivity index (χ1v) is 4.63.